The number of rotatable bonds is 6. The molecule has 14 heavy (non-hydrogen) atoms. The lowest BCUT2D eigenvalue weighted by atomic mass is 10.2. The second-order valence-corrected chi connectivity index (χ2v) is 4.91. The Labute approximate surface area is 90.3 Å². The fourth-order valence-corrected chi connectivity index (χ4v) is 2.10. The maximum absolute atomic E-state index is 5.60. The Morgan fingerprint density at radius 3 is 2.57 bits per heavy atom. The molecule has 80 valence electrons. The highest BCUT2D eigenvalue weighted by atomic mass is 32.1. The van der Waals surface area contributed by atoms with E-state index in [0.29, 0.717) is 0 Å². The highest BCUT2D eigenvalue weighted by Crippen LogP contribution is 2.23. The van der Waals surface area contributed by atoms with Crippen molar-refractivity contribution in [3.05, 3.63) is 9.88 Å². The molecule has 0 aliphatic heterocycles. The molecule has 0 unspecified atom stereocenters. The summed E-state index contributed by atoms with van der Waals surface area (Å²) in [5.41, 5.74) is 0. The highest BCUT2D eigenvalue weighted by molar-refractivity contribution is 7.11. The monoisotopic (exact) mass is 213 g/mol. The predicted octanol–water partition coefficient (Wildman–Crippen LogP) is 3.72. The molecule has 0 fully saturated rings. The van der Waals surface area contributed by atoms with E-state index in [-0.39, 0.29) is 0 Å². The summed E-state index contributed by atoms with van der Waals surface area (Å²) in [6.07, 6.45) is 4.98. The number of nitrogens with zero attached hydrogens (tertiary/aromatic N) is 1. The van der Waals surface area contributed by atoms with Crippen molar-refractivity contribution in [3.8, 4) is 5.88 Å². The molecule has 0 saturated heterocycles. The van der Waals surface area contributed by atoms with Crippen LogP contribution in [0.2, 0.25) is 0 Å². The van der Waals surface area contributed by atoms with E-state index >= 15 is 0 Å². The standard InChI is InChI=1S/C11H19NOS/c1-4-5-6-7-8-13-11-9(2)14-10(3)12-11/h4-8H2,1-3H3. The van der Waals surface area contributed by atoms with Gasteiger partial charge in [0.2, 0.25) is 5.88 Å². The van der Waals surface area contributed by atoms with Gasteiger partial charge in [-0.05, 0) is 20.3 Å². The molecule has 0 spiro atoms. The van der Waals surface area contributed by atoms with Crippen LogP contribution in [0.4, 0.5) is 0 Å². The minimum atomic E-state index is 0.810. The van der Waals surface area contributed by atoms with Crippen molar-refractivity contribution in [3.63, 3.8) is 0 Å². The van der Waals surface area contributed by atoms with E-state index < -0.39 is 0 Å². The molecule has 1 heterocycles. The average Bonchev–Trinajstić information content (AvgIpc) is 2.45. The number of aryl methyl sites for hydroxylation is 2. The second-order valence-electron chi connectivity index (χ2n) is 3.50. The van der Waals surface area contributed by atoms with E-state index in [0.717, 1.165) is 23.9 Å². The van der Waals surface area contributed by atoms with Crippen LogP contribution >= 0.6 is 11.3 Å². The lowest BCUT2D eigenvalue weighted by molar-refractivity contribution is 0.293. The molecule has 3 heteroatoms. The summed E-state index contributed by atoms with van der Waals surface area (Å²) in [7, 11) is 0. The third-order valence-corrected chi connectivity index (χ3v) is 2.97. The zero-order chi connectivity index (χ0) is 10.4. The van der Waals surface area contributed by atoms with Crippen molar-refractivity contribution in [2.24, 2.45) is 0 Å². The van der Waals surface area contributed by atoms with Gasteiger partial charge in [0.25, 0.3) is 0 Å². The molecule has 0 bridgehead atoms. The van der Waals surface area contributed by atoms with Gasteiger partial charge in [0, 0.05) is 0 Å². The Hall–Kier alpha value is -0.570. The van der Waals surface area contributed by atoms with Gasteiger partial charge in [-0.2, -0.15) is 0 Å². The molecule has 2 nitrogen and oxygen atoms in total. The maximum Gasteiger partial charge on any atom is 0.227 e. The van der Waals surface area contributed by atoms with Crippen LogP contribution < -0.4 is 4.74 Å². The molecule has 0 saturated carbocycles. The molecule has 0 aliphatic carbocycles. The van der Waals surface area contributed by atoms with E-state index in [1.54, 1.807) is 11.3 Å². The zero-order valence-corrected chi connectivity index (χ0v) is 10.1. The minimum absolute atomic E-state index is 0.810. The van der Waals surface area contributed by atoms with Crippen LogP contribution in [0, 0.1) is 13.8 Å². The van der Waals surface area contributed by atoms with Gasteiger partial charge < -0.3 is 4.74 Å². The molecular weight excluding hydrogens is 194 g/mol. The maximum atomic E-state index is 5.60. The SMILES string of the molecule is CCCCCCOc1nc(C)sc1C. The van der Waals surface area contributed by atoms with Crippen molar-refractivity contribution in [1.29, 1.82) is 0 Å². The quantitative estimate of drug-likeness (QED) is 0.672. The molecule has 0 amide bonds. The molecule has 0 radical (unpaired) electrons. The molecule has 0 aliphatic rings. The Balaban J connectivity index is 2.21. The van der Waals surface area contributed by atoms with Gasteiger partial charge in [-0.25, -0.2) is 4.98 Å². The summed E-state index contributed by atoms with van der Waals surface area (Å²) >= 11 is 1.70. The van der Waals surface area contributed by atoms with Crippen LogP contribution in [0.1, 0.15) is 42.5 Å². The Bertz CT molecular complexity index is 270. The van der Waals surface area contributed by atoms with Gasteiger partial charge in [-0.15, -0.1) is 11.3 Å². The van der Waals surface area contributed by atoms with Gasteiger partial charge in [-0.1, -0.05) is 26.2 Å². The largest absolute Gasteiger partial charge is 0.477 e. The lowest BCUT2D eigenvalue weighted by Gasteiger charge is -2.02. The summed E-state index contributed by atoms with van der Waals surface area (Å²) in [5.74, 6) is 0.837. The number of ether oxygens (including phenoxy) is 1. The van der Waals surface area contributed by atoms with Gasteiger partial charge >= 0.3 is 0 Å². The first-order chi connectivity index (χ1) is 6.74. The normalized spacial score (nSPS) is 10.5. The fourth-order valence-electron chi connectivity index (χ4n) is 1.34. The molecular formula is C11H19NOS. The van der Waals surface area contributed by atoms with Crippen molar-refractivity contribution in [2.45, 2.75) is 46.5 Å². The van der Waals surface area contributed by atoms with Gasteiger partial charge in [0.1, 0.15) is 0 Å². The third kappa shape index (κ3) is 3.66. The summed E-state index contributed by atoms with van der Waals surface area (Å²) in [6.45, 7) is 7.10. The number of unbranched alkanes of at least 4 members (excludes halogenated alkanes) is 3. The van der Waals surface area contributed by atoms with Crippen LogP contribution in [0.5, 0.6) is 5.88 Å². The number of hydrogen-bond donors (Lipinski definition) is 0. The molecule has 1 aromatic rings. The topological polar surface area (TPSA) is 22.1 Å². The Kier molecular flexibility index (Phi) is 4.94. The van der Waals surface area contributed by atoms with Crippen LogP contribution in [0.3, 0.4) is 0 Å². The van der Waals surface area contributed by atoms with Crippen molar-refractivity contribution >= 4 is 11.3 Å². The summed E-state index contributed by atoms with van der Waals surface area (Å²) in [4.78, 5) is 5.52. The van der Waals surface area contributed by atoms with E-state index in [9.17, 15) is 0 Å². The molecule has 1 rings (SSSR count). The summed E-state index contributed by atoms with van der Waals surface area (Å²) in [6, 6.07) is 0. The van der Waals surface area contributed by atoms with E-state index in [2.05, 4.69) is 18.8 Å². The molecule has 0 atom stereocenters. The van der Waals surface area contributed by atoms with Crippen molar-refractivity contribution in [2.75, 3.05) is 6.61 Å². The van der Waals surface area contributed by atoms with Crippen molar-refractivity contribution in [1.82, 2.24) is 4.98 Å². The number of aromatic nitrogens is 1. The zero-order valence-electron chi connectivity index (χ0n) is 9.30. The van der Waals surface area contributed by atoms with Gasteiger partial charge in [0.15, 0.2) is 0 Å². The predicted molar refractivity (Wildman–Crippen MR) is 61.2 cm³/mol. The second kappa shape index (κ2) is 6.02. The number of hydrogen-bond acceptors (Lipinski definition) is 3. The van der Waals surface area contributed by atoms with E-state index in [1.807, 2.05) is 6.92 Å². The molecule has 1 aromatic heterocycles. The lowest BCUT2D eigenvalue weighted by Crippen LogP contribution is -1.98. The smallest absolute Gasteiger partial charge is 0.227 e. The molecule has 0 aromatic carbocycles. The first-order valence-corrected chi connectivity index (χ1v) is 6.12. The first-order valence-electron chi connectivity index (χ1n) is 5.31. The van der Waals surface area contributed by atoms with E-state index in [4.69, 9.17) is 4.74 Å². The van der Waals surface area contributed by atoms with Gasteiger partial charge in [0.05, 0.1) is 16.5 Å². The summed E-state index contributed by atoms with van der Waals surface area (Å²) < 4.78 is 5.60. The Morgan fingerprint density at radius 1 is 1.21 bits per heavy atom. The highest BCUT2D eigenvalue weighted by Gasteiger charge is 2.04. The fraction of sp³-hybridized carbons (Fsp3) is 0.727. The third-order valence-electron chi connectivity index (χ3n) is 2.10. The van der Waals surface area contributed by atoms with Crippen LogP contribution in [-0.4, -0.2) is 11.6 Å². The Morgan fingerprint density at radius 2 is 2.00 bits per heavy atom. The average molecular weight is 213 g/mol. The van der Waals surface area contributed by atoms with Crippen LogP contribution in [-0.2, 0) is 0 Å². The van der Waals surface area contributed by atoms with Crippen LogP contribution in [0.25, 0.3) is 0 Å². The van der Waals surface area contributed by atoms with Crippen LogP contribution in [0.15, 0.2) is 0 Å². The summed E-state index contributed by atoms with van der Waals surface area (Å²) in [5, 5.41) is 1.09. The molecule has 0 N–H and O–H groups in total. The van der Waals surface area contributed by atoms with Gasteiger partial charge in [-0.3, -0.25) is 0 Å². The number of thiazole rings is 1. The minimum Gasteiger partial charge on any atom is -0.477 e. The first kappa shape index (κ1) is 11.5. The van der Waals surface area contributed by atoms with Crippen molar-refractivity contribution < 1.29 is 4.74 Å². The van der Waals surface area contributed by atoms with E-state index in [1.165, 1.54) is 24.1 Å².